The minimum absolute atomic E-state index is 0.0153. The van der Waals surface area contributed by atoms with Gasteiger partial charge in [0, 0.05) is 28.4 Å². The Morgan fingerprint density at radius 3 is 2.84 bits per heavy atom. The molecule has 1 fully saturated rings. The summed E-state index contributed by atoms with van der Waals surface area (Å²) in [6, 6.07) is 7.66. The minimum atomic E-state index is -0.255. The zero-order valence-corrected chi connectivity index (χ0v) is 15.3. The lowest BCUT2D eigenvalue weighted by atomic mass is 10.1. The second kappa shape index (κ2) is 8.45. The number of thiazole rings is 1. The smallest absolute Gasteiger partial charge is 0.245 e. The normalized spacial score (nSPS) is 14.4. The van der Waals surface area contributed by atoms with E-state index in [1.807, 2.05) is 24.3 Å². The molecule has 0 radical (unpaired) electrons. The Kier molecular flexibility index (Phi) is 6.04. The van der Waals surface area contributed by atoms with Gasteiger partial charge >= 0.3 is 0 Å². The zero-order chi connectivity index (χ0) is 17.6. The molecule has 0 aliphatic heterocycles. The molecule has 0 atom stereocenters. The summed E-state index contributed by atoms with van der Waals surface area (Å²) < 4.78 is 0. The van der Waals surface area contributed by atoms with E-state index < -0.39 is 0 Å². The topological polar surface area (TPSA) is 71.1 Å². The van der Waals surface area contributed by atoms with E-state index >= 15 is 0 Å². The summed E-state index contributed by atoms with van der Waals surface area (Å²) in [5, 5.41) is 6.68. The molecule has 0 spiro atoms. The van der Waals surface area contributed by atoms with Crippen LogP contribution in [0.4, 0.5) is 5.13 Å². The Labute approximate surface area is 155 Å². The number of halogens is 1. The molecule has 2 aromatic rings. The number of nitrogens with zero attached hydrogens (tertiary/aromatic N) is 1. The predicted molar refractivity (Wildman–Crippen MR) is 100.0 cm³/mol. The van der Waals surface area contributed by atoms with Crippen LogP contribution in [0.25, 0.3) is 0 Å². The molecule has 1 aliphatic rings. The summed E-state index contributed by atoms with van der Waals surface area (Å²) in [5.41, 5.74) is 1.10. The fraction of sp³-hybridized carbons (Fsp3) is 0.389. The summed E-state index contributed by atoms with van der Waals surface area (Å²) >= 11 is 7.41. The first-order chi connectivity index (χ1) is 12.1. The lowest BCUT2D eigenvalue weighted by Crippen LogP contribution is -2.36. The average Bonchev–Trinajstić information content (AvgIpc) is 3.25. The highest BCUT2D eigenvalue weighted by molar-refractivity contribution is 7.15. The van der Waals surface area contributed by atoms with Gasteiger partial charge in [0.15, 0.2) is 5.13 Å². The minimum Gasteiger partial charge on any atom is -0.347 e. The van der Waals surface area contributed by atoms with Crippen LogP contribution in [0.15, 0.2) is 30.5 Å². The SMILES string of the molecule is O=C(CNC(=O)C1CCCC1)Nc1ncc(Cc2cccc(Cl)c2)s1. The first-order valence-electron chi connectivity index (χ1n) is 8.37. The Bertz CT molecular complexity index is 756. The largest absolute Gasteiger partial charge is 0.347 e. The molecule has 5 nitrogen and oxygen atoms in total. The van der Waals surface area contributed by atoms with Crippen LogP contribution in [0.2, 0.25) is 5.02 Å². The molecule has 0 bridgehead atoms. The Morgan fingerprint density at radius 2 is 2.08 bits per heavy atom. The molecule has 132 valence electrons. The van der Waals surface area contributed by atoms with Gasteiger partial charge < -0.3 is 10.6 Å². The van der Waals surface area contributed by atoms with Gasteiger partial charge in [-0.05, 0) is 30.5 Å². The Morgan fingerprint density at radius 1 is 1.28 bits per heavy atom. The van der Waals surface area contributed by atoms with Gasteiger partial charge in [0.1, 0.15) is 0 Å². The quantitative estimate of drug-likeness (QED) is 0.807. The van der Waals surface area contributed by atoms with E-state index in [-0.39, 0.29) is 24.3 Å². The number of carbonyl (C=O) groups is 2. The molecule has 25 heavy (non-hydrogen) atoms. The number of amides is 2. The Balaban J connectivity index is 1.47. The molecule has 2 amide bonds. The number of aromatic nitrogens is 1. The lowest BCUT2D eigenvalue weighted by Gasteiger charge is -2.09. The van der Waals surface area contributed by atoms with Gasteiger partial charge in [-0.2, -0.15) is 0 Å². The number of hydrogen-bond acceptors (Lipinski definition) is 4. The van der Waals surface area contributed by atoms with Crippen LogP contribution < -0.4 is 10.6 Å². The standard InChI is InChI=1S/C18H20ClN3O2S/c19-14-7-3-4-12(8-14)9-15-10-21-18(25-15)22-16(23)11-20-17(24)13-5-1-2-6-13/h3-4,7-8,10,13H,1-2,5-6,9,11H2,(H,20,24)(H,21,22,23). The van der Waals surface area contributed by atoms with E-state index in [1.54, 1.807) is 6.20 Å². The van der Waals surface area contributed by atoms with Crippen molar-refractivity contribution in [3.8, 4) is 0 Å². The molecule has 7 heteroatoms. The molecular weight excluding hydrogens is 358 g/mol. The Hall–Kier alpha value is -1.92. The van der Waals surface area contributed by atoms with Gasteiger partial charge in [0.25, 0.3) is 0 Å². The van der Waals surface area contributed by atoms with Gasteiger partial charge in [-0.15, -0.1) is 11.3 Å². The number of carbonyl (C=O) groups excluding carboxylic acids is 2. The number of benzene rings is 1. The van der Waals surface area contributed by atoms with Gasteiger partial charge in [-0.3, -0.25) is 9.59 Å². The van der Waals surface area contributed by atoms with Crippen molar-refractivity contribution >= 4 is 39.9 Å². The molecule has 3 rings (SSSR count). The summed E-state index contributed by atoms with van der Waals surface area (Å²) in [6.07, 6.45) is 6.50. The highest BCUT2D eigenvalue weighted by atomic mass is 35.5. The van der Waals surface area contributed by atoms with Crippen LogP contribution in [0.1, 0.15) is 36.1 Å². The molecule has 0 unspecified atom stereocenters. The van der Waals surface area contributed by atoms with Gasteiger partial charge in [-0.25, -0.2) is 4.98 Å². The third kappa shape index (κ3) is 5.28. The third-order valence-corrected chi connectivity index (χ3v) is 5.36. The van der Waals surface area contributed by atoms with Crippen molar-refractivity contribution in [2.75, 3.05) is 11.9 Å². The van der Waals surface area contributed by atoms with E-state index in [2.05, 4.69) is 15.6 Å². The molecule has 1 saturated carbocycles. The number of rotatable bonds is 6. The molecule has 1 heterocycles. The van der Waals surface area contributed by atoms with Crippen molar-refractivity contribution < 1.29 is 9.59 Å². The van der Waals surface area contributed by atoms with Crippen molar-refractivity contribution in [2.45, 2.75) is 32.1 Å². The van der Waals surface area contributed by atoms with Crippen LogP contribution in [0, 0.1) is 5.92 Å². The number of nitrogens with one attached hydrogen (secondary N) is 2. The van der Waals surface area contributed by atoms with Crippen molar-refractivity contribution in [3.63, 3.8) is 0 Å². The van der Waals surface area contributed by atoms with Gasteiger partial charge in [-0.1, -0.05) is 36.6 Å². The second-order valence-electron chi connectivity index (χ2n) is 6.19. The lowest BCUT2D eigenvalue weighted by molar-refractivity contribution is -0.127. The van der Waals surface area contributed by atoms with Crippen LogP contribution in [-0.2, 0) is 16.0 Å². The van der Waals surface area contributed by atoms with Crippen LogP contribution in [0.3, 0.4) is 0 Å². The number of hydrogen-bond donors (Lipinski definition) is 2. The highest BCUT2D eigenvalue weighted by Gasteiger charge is 2.22. The fourth-order valence-corrected chi connectivity index (χ4v) is 4.03. The van der Waals surface area contributed by atoms with Crippen LogP contribution >= 0.6 is 22.9 Å². The molecule has 1 aromatic heterocycles. The number of anilines is 1. The van der Waals surface area contributed by atoms with E-state index in [0.29, 0.717) is 16.6 Å². The first kappa shape index (κ1) is 17.9. The molecule has 1 aromatic carbocycles. The summed E-state index contributed by atoms with van der Waals surface area (Å²) in [6.45, 7) is -0.0153. The van der Waals surface area contributed by atoms with E-state index in [9.17, 15) is 9.59 Å². The van der Waals surface area contributed by atoms with Crippen molar-refractivity contribution in [3.05, 3.63) is 45.9 Å². The van der Waals surface area contributed by atoms with E-state index in [4.69, 9.17) is 11.6 Å². The highest BCUT2D eigenvalue weighted by Crippen LogP contribution is 2.25. The predicted octanol–water partition coefficient (Wildman–Crippen LogP) is 3.63. The molecular formula is C18H20ClN3O2S. The average molecular weight is 378 g/mol. The van der Waals surface area contributed by atoms with Crippen molar-refractivity contribution in [2.24, 2.45) is 5.92 Å². The monoisotopic (exact) mass is 377 g/mol. The summed E-state index contributed by atoms with van der Waals surface area (Å²) in [5.74, 6) is -0.208. The van der Waals surface area contributed by atoms with Gasteiger partial charge in [0.2, 0.25) is 11.8 Å². The molecule has 2 N–H and O–H groups in total. The van der Waals surface area contributed by atoms with E-state index in [0.717, 1.165) is 36.1 Å². The van der Waals surface area contributed by atoms with Crippen molar-refractivity contribution in [1.29, 1.82) is 0 Å². The fourth-order valence-electron chi connectivity index (χ4n) is 2.96. The van der Waals surface area contributed by atoms with Crippen molar-refractivity contribution in [1.82, 2.24) is 10.3 Å². The first-order valence-corrected chi connectivity index (χ1v) is 9.56. The summed E-state index contributed by atoms with van der Waals surface area (Å²) in [7, 11) is 0. The maximum atomic E-state index is 12.0. The molecule has 0 saturated heterocycles. The summed E-state index contributed by atoms with van der Waals surface area (Å²) in [4.78, 5) is 29.1. The maximum absolute atomic E-state index is 12.0. The second-order valence-corrected chi connectivity index (χ2v) is 7.74. The van der Waals surface area contributed by atoms with E-state index in [1.165, 1.54) is 11.3 Å². The third-order valence-electron chi connectivity index (χ3n) is 4.22. The zero-order valence-electron chi connectivity index (χ0n) is 13.8. The van der Waals surface area contributed by atoms with Crippen LogP contribution in [0.5, 0.6) is 0 Å². The molecule has 1 aliphatic carbocycles. The van der Waals surface area contributed by atoms with Gasteiger partial charge in [0.05, 0.1) is 6.54 Å². The van der Waals surface area contributed by atoms with Crippen LogP contribution in [-0.4, -0.2) is 23.3 Å². The maximum Gasteiger partial charge on any atom is 0.245 e.